The van der Waals surface area contributed by atoms with Crippen LogP contribution < -0.4 is 0 Å². The second-order valence-electron chi connectivity index (χ2n) is 6.66. The highest BCUT2D eigenvalue weighted by Crippen LogP contribution is 2.29. The Morgan fingerprint density at radius 1 is 1.14 bits per heavy atom. The van der Waals surface area contributed by atoms with Gasteiger partial charge in [0.1, 0.15) is 0 Å². The zero-order chi connectivity index (χ0) is 16.2. The van der Waals surface area contributed by atoms with Crippen molar-refractivity contribution < 1.29 is 0 Å². The molecule has 0 N–H and O–H groups in total. The molecule has 0 unspecified atom stereocenters. The maximum absolute atomic E-state index is 3.52. The number of hydrogen-bond acceptors (Lipinski definition) is 0. The van der Waals surface area contributed by atoms with Crippen molar-refractivity contribution in [2.24, 2.45) is 0 Å². The molecule has 0 atom stereocenters. The Hall–Kier alpha value is -1.34. The Balaban J connectivity index is 2.40. The standard InChI is InChI=1S/C21H25Br/c1-5-16-7-6-8-18(15-19(16)13-14-22)17-9-11-20(12-10-17)21(2,3)4/h5-6,8-13,15H,7,14H2,1-4H3/b16-5-,19-13-. The quantitative estimate of drug-likeness (QED) is 0.524. The normalized spacial score (nSPS) is 19.4. The van der Waals surface area contributed by atoms with Gasteiger partial charge in [0, 0.05) is 5.33 Å². The zero-order valence-electron chi connectivity index (χ0n) is 14.0. The third-order valence-corrected chi connectivity index (χ3v) is 4.37. The Morgan fingerprint density at radius 3 is 2.36 bits per heavy atom. The molecule has 1 aromatic carbocycles. The first kappa shape index (κ1) is 17.0. The second kappa shape index (κ2) is 7.28. The third-order valence-electron chi connectivity index (χ3n) is 4.05. The van der Waals surface area contributed by atoms with Crippen LogP contribution in [0.3, 0.4) is 0 Å². The van der Waals surface area contributed by atoms with Crippen LogP contribution in [0.15, 0.2) is 65.8 Å². The van der Waals surface area contributed by atoms with Crippen LogP contribution in [-0.4, -0.2) is 5.33 Å². The van der Waals surface area contributed by atoms with Gasteiger partial charge in [-0.3, -0.25) is 0 Å². The Bertz CT molecular complexity index is 631. The van der Waals surface area contributed by atoms with Gasteiger partial charge in [-0.05, 0) is 52.7 Å². The molecule has 0 heterocycles. The van der Waals surface area contributed by atoms with Crippen LogP contribution in [0.1, 0.15) is 45.2 Å². The van der Waals surface area contributed by atoms with Crippen molar-refractivity contribution >= 4 is 21.5 Å². The highest BCUT2D eigenvalue weighted by atomic mass is 79.9. The van der Waals surface area contributed by atoms with Crippen molar-refractivity contribution in [1.82, 2.24) is 0 Å². The maximum Gasteiger partial charge on any atom is 0.0220 e. The average Bonchev–Trinajstić information content (AvgIpc) is 2.69. The van der Waals surface area contributed by atoms with Gasteiger partial charge >= 0.3 is 0 Å². The molecular weight excluding hydrogens is 332 g/mol. The SMILES string of the molecule is C/C=C1/CC=CC(c2ccc(C(C)(C)C)cc2)=C/C1=C/CBr. The summed E-state index contributed by atoms with van der Waals surface area (Å²) in [6.07, 6.45) is 12.2. The van der Waals surface area contributed by atoms with Gasteiger partial charge in [0.2, 0.25) is 0 Å². The molecule has 0 spiro atoms. The fourth-order valence-corrected chi connectivity index (χ4v) is 2.99. The fourth-order valence-electron chi connectivity index (χ4n) is 2.64. The highest BCUT2D eigenvalue weighted by molar-refractivity contribution is 9.09. The van der Waals surface area contributed by atoms with Crippen molar-refractivity contribution in [1.29, 1.82) is 0 Å². The van der Waals surface area contributed by atoms with Crippen LogP contribution in [-0.2, 0) is 5.41 Å². The molecule has 0 amide bonds. The van der Waals surface area contributed by atoms with Gasteiger partial charge in [0.05, 0.1) is 0 Å². The lowest BCUT2D eigenvalue weighted by atomic mass is 9.86. The molecule has 1 heteroatoms. The highest BCUT2D eigenvalue weighted by Gasteiger charge is 2.14. The Kier molecular flexibility index (Phi) is 5.63. The molecule has 22 heavy (non-hydrogen) atoms. The first-order valence-electron chi connectivity index (χ1n) is 7.86. The third kappa shape index (κ3) is 4.10. The monoisotopic (exact) mass is 356 g/mol. The first-order chi connectivity index (χ1) is 10.5. The number of allylic oxidation sites excluding steroid dienone is 8. The Labute approximate surface area is 143 Å². The molecule has 0 radical (unpaired) electrons. The van der Waals surface area contributed by atoms with E-state index in [4.69, 9.17) is 0 Å². The van der Waals surface area contributed by atoms with Crippen LogP contribution >= 0.6 is 15.9 Å². The lowest BCUT2D eigenvalue weighted by Gasteiger charge is -2.19. The molecule has 1 aliphatic rings. The van der Waals surface area contributed by atoms with Crippen LogP contribution in [0.25, 0.3) is 5.57 Å². The summed E-state index contributed by atoms with van der Waals surface area (Å²) in [5, 5.41) is 0.881. The number of alkyl halides is 1. The van der Waals surface area contributed by atoms with E-state index >= 15 is 0 Å². The largest absolute Gasteiger partial charge is 0.0883 e. The average molecular weight is 357 g/mol. The van der Waals surface area contributed by atoms with E-state index in [1.165, 1.54) is 27.8 Å². The summed E-state index contributed by atoms with van der Waals surface area (Å²) in [5.41, 5.74) is 6.84. The van der Waals surface area contributed by atoms with Crippen molar-refractivity contribution in [2.45, 2.75) is 39.5 Å². The van der Waals surface area contributed by atoms with Gasteiger partial charge in [-0.15, -0.1) is 0 Å². The zero-order valence-corrected chi connectivity index (χ0v) is 15.6. The van der Waals surface area contributed by atoms with E-state index in [0.29, 0.717) is 0 Å². The van der Waals surface area contributed by atoms with Gasteiger partial charge in [-0.25, -0.2) is 0 Å². The van der Waals surface area contributed by atoms with E-state index < -0.39 is 0 Å². The van der Waals surface area contributed by atoms with Crippen LogP contribution in [0.2, 0.25) is 0 Å². The molecule has 0 fully saturated rings. The summed E-state index contributed by atoms with van der Waals surface area (Å²) < 4.78 is 0. The minimum atomic E-state index is 0.200. The summed E-state index contributed by atoms with van der Waals surface area (Å²) in [5.74, 6) is 0. The summed E-state index contributed by atoms with van der Waals surface area (Å²) >= 11 is 3.52. The van der Waals surface area contributed by atoms with Crippen molar-refractivity contribution in [3.63, 3.8) is 0 Å². The molecule has 1 aromatic rings. The summed E-state index contributed by atoms with van der Waals surface area (Å²) in [6, 6.07) is 8.98. The summed E-state index contributed by atoms with van der Waals surface area (Å²) in [6.45, 7) is 8.87. The smallest absolute Gasteiger partial charge is 0.0220 e. The molecule has 0 nitrogen and oxygen atoms in total. The van der Waals surface area contributed by atoms with Gasteiger partial charge in [0.15, 0.2) is 0 Å². The van der Waals surface area contributed by atoms with Crippen molar-refractivity contribution in [3.05, 3.63) is 76.9 Å². The molecular formula is C21H25Br. The van der Waals surface area contributed by atoms with E-state index in [-0.39, 0.29) is 5.41 Å². The van der Waals surface area contributed by atoms with Crippen LogP contribution in [0.5, 0.6) is 0 Å². The minimum Gasteiger partial charge on any atom is -0.0883 e. The van der Waals surface area contributed by atoms with Crippen molar-refractivity contribution in [3.8, 4) is 0 Å². The fraction of sp³-hybridized carbons (Fsp3) is 0.333. The minimum absolute atomic E-state index is 0.200. The molecule has 0 aromatic heterocycles. The van der Waals surface area contributed by atoms with Gasteiger partial charge in [-0.1, -0.05) is 85.3 Å². The second-order valence-corrected chi connectivity index (χ2v) is 7.31. The number of rotatable bonds is 2. The van der Waals surface area contributed by atoms with Crippen LogP contribution in [0.4, 0.5) is 0 Å². The van der Waals surface area contributed by atoms with E-state index in [1.54, 1.807) is 0 Å². The molecule has 1 aliphatic carbocycles. The molecule has 0 aliphatic heterocycles. The van der Waals surface area contributed by atoms with Crippen molar-refractivity contribution in [2.75, 3.05) is 5.33 Å². The van der Waals surface area contributed by atoms with E-state index in [2.05, 4.69) is 98.3 Å². The maximum atomic E-state index is 3.52. The predicted octanol–water partition coefficient (Wildman–Crippen LogP) is 6.60. The summed E-state index contributed by atoms with van der Waals surface area (Å²) in [4.78, 5) is 0. The van der Waals surface area contributed by atoms with Gasteiger partial charge in [-0.2, -0.15) is 0 Å². The number of hydrogen-bond donors (Lipinski definition) is 0. The molecule has 0 bridgehead atoms. The molecule has 2 rings (SSSR count). The van der Waals surface area contributed by atoms with Gasteiger partial charge < -0.3 is 0 Å². The predicted molar refractivity (Wildman–Crippen MR) is 103 cm³/mol. The number of benzene rings is 1. The summed E-state index contributed by atoms with van der Waals surface area (Å²) in [7, 11) is 0. The van der Waals surface area contributed by atoms with E-state index in [1.807, 2.05) is 0 Å². The lowest BCUT2D eigenvalue weighted by Crippen LogP contribution is -2.10. The van der Waals surface area contributed by atoms with Gasteiger partial charge in [0.25, 0.3) is 0 Å². The molecule has 0 saturated carbocycles. The topological polar surface area (TPSA) is 0 Å². The lowest BCUT2D eigenvalue weighted by molar-refractivity contribution is 0.590. The number of halogens is 1. The van der Waals surface area contributed by atoms with E-state index in [9.17, 15) is 0 Å². The molecule has 116 valence electrons. The van der Waals surface area contributed by atoms with E-state index in [0.717, 1.165) is 11.8 Å². The van der Waals surface area contributed by atoms with Crippen LogP contribution in [0, 0.1) is 0 Å². The Morgan fingerprint density at radius 2 is 1.82 bits per heavy atom. The molecule has 0 saturated heterocycles. The first-order valence-corrected chi connectivity index (χ1v) is 8.98.